The van der Waals surface area contributed by atoms with Crippen molar-refractivity contribution in [3.63, 3.8) is 0 Å². The second-order valence-corrected chi connectivity index (χ2v) is 7.46. The quantitative estimate of drug-likeness (QED) is 0.471. The fraction of sp³-hybridized carbons (Fsp3) is 0.174. The van der Waals surface area contributed by atoms with Crippen LogP contribution in [0.3, 0.4) is 0 Å². The third-order valence-electron chi connectivity index (χ3n) is 4.36. The Morgan fingerprint density at radius 3 is 2.31 bits per heavy atom. The van der Waals surface area contributed by atoms with Crippen LogP contribution < -0.4 is 24.8 Å². The highest BCUT2D eigenvalue weighted by molar-refractivity contribution is 8.00. The van der Waals surface area contributed by atoms with Crippen molar-refractivity contribution in [1.82, 2.24) is 4.98 Å². The summed E-state index contributed by atoms with van der Waals surface area (Å²) in [4.78, 5) is 30.0. The van der Waals surface area contributed by atoms with Gasteiger partial charge in [-0.2, -0.15) is 0 Å². The van der Waals surface area contributed by atoms with Crippen LogP contribution in [0, 0.1) is 0 Å². The monoisotopic (exact) mass is 453 g/mol. The van der Waals surface area contributed by atoms with Gasteiger partial charge in [0.2, 0.25) is 11.8 Å². The number of nitrogens with zero attached hydrogens (tertiary/aromatic N) is 1. The third kappa shape index (κ3) is 5.92. The number of anilines is 2. The number of carbonyl (C=O) groups excluding carboxylic acids is 2. The Morgan fingerprint density at radius 2 is 1.62 bits per heavy atom. The number of thioether (sulfide) groups is 1. The predicted molar refractivity (Wildman–Crippen MR) is 124 cm³/mol. The Bertz CT molecular complexity index is 1090. The highest BCUT2D eigenvalue weighted by atomic mass is 32.2. The van der Waals surface area contributed by atoms with Gasteiger partial charge in [0.05, 0.1) is 44.5 Å². The van der Waals surface area contributed by atoms with E-state index < -0.39 is 0 Å². The van der Waals surface area contributed by atoms with Crippen molar-refractivity contribution in [2.75, 3.05) is 37.7 Å². The van der Waals surface area contributed by atoms with Crippen molar-refractivity contribution in [2.45, 2.75) is 4.90 Å². The number of methoxy groups -OCH3 is 3. The van der Waals surface area contributed by atoms with Crippen LogP contribution in [0.1, 0.15) is 10.4 Å². The van der Waals surface area contributed by atoms with E-state index in [0.717, 1.165) is 0 Å². The Morgan fingerprint density at radius 1 is 0.875 bits per heavy atom. The smallest absolute Gasteiger partial charge is 0.256 e. The minimum atomic E-state index is -0.291. The van der Waals surface area contributed by atoms with Gasteiger partial charge < -0.3 is 24.8 Å². The number of aromatic nitrogens is 1. The molecule has 2 N–H and O–H groups in total. The van der Waals surface area contributed by atoms with Crippen molar-refractivity contribution in [3.8, 4) is 17.4 Å². The van der Waals surface area contributed by atoms with E-state index >= 15 is 0 Å². The summed E-state index contributed by atoms with van der Waals surface area (Å²) in [7, 11) is 4.60. The molecule has 0 spiro atoms. The summed E-state index contributed by atoms with van der Waals surface area (Å²) in [5.41, 5.74) is 1.60. The second kappa shape index (κ2) is 11.1. The number of rotatable bonds is 9. The fourth-order valence-electron chi connectivity index (χ4n) is 2.81. The molecule has 1 aromatic heterocycles. The molecule has 0 fully saturated rings. The molecule has 2 aromatic carbocycles. The number of nitrogens with one attached hydrogen (secondary N) is 2. The lowest BCUT2D eigenvalue weighted by molar-refractivity contribution is -0.113. The molecule has 8 nitrogen and oxygen atoms in total. The summed E-state index contributed by atoms with van der Waals surface area (Å²) in [5.74, 6) is 1.18. The molecule has 0 unspecified atom stereocenters. The van der Waals surface area contributed by atoms with Crippen LogP contribution in [0.15, 0.2) is 65.7 Å². The first-order valence-corrected chi connectivity index (χ1v) is 10.6. The van der Waals surface area contributed by atoms with Gasteiger partial charge in [-0.25, -0.2) is 4.98 Å². The molecular formula is C23H23N3O5S. The maximum absolute atomic E-state index is 12.7. The fourth-order valence-corrected chi connectivity index (χ4v) is 3.66. The van der Waals surface area contributed by atoms with Crippen LogP contribution >= 0.6 is 11.8 Å². The third-order valence-corrected chi connectivity index (χ3v) is 5.43. The van der Waals surface area contributed by atoms with E-state index in [9.17, 15) is 9.59 Å². The highest BCUT2D eigenvalue weighted by Crippen LogP contribution is 2.30. The van der Waals surface area contributed by atoms with Gasteiger partial charge in [0.25, 0.3) is 5.91 Å². The molecule has 0 aliphatic rings. The Labute approximate surface area is 190 Å². The molecule has 1 heterocycles. The number of ether oxygens (including phenoxy) is 3. The Balaban J connectivity index is 1.63. The molecule has 32 heavy (non-hydrogen) atoms. The van der Waals surface area contributed by atoms with Crippen LogP contribution in [-0.2, 0) is 4.79 Å². The van der Waals surface area contributed by atoms with E-state index in [1.54, 1.807) is 55.6 Å². The SMILES string of the molecule is COc1ccc(NC(=O)c2ccccc2SCC(=O)Nc2ccc(OC)c(OC)c2)cn1. The molecule has 3 rings (SSSR count). The van der Waals surface area contributed by atoms with E-state index in [1.807, 2.05) is 6.07 Å². The van der Waals surface area contributed by atoms with Gasteiger partial charge in [-0.3, -0.25) is 9.59 Å². The van der Waals surface area contributed by atoms with E-state index in [1.165, 1.54) is 32.2 Å². The zero-order valence-electron chi connectivity index (χ0n) is 17.9. The normalized spacial score (nSPS) is 10.2. The average molecular weight is 454 g/mol. The maximum Gasteiger partial charge on any atom is 0.256 e. The number of carbonyl (C=O) groups is 2. The van der Waals surface area contributed by atoms with Gasteiger partial charge in [-0.05, 0) is 30.3 Å². The minimum absolute atomic E-state index is 0.128. The standard InChI is InChI=1S/C23H23N3O5S/c1-29-18-10-8-15(12-19(18)30-2)25-21(27)14-32-20-7-5-4-6-17(20)23(28)26-16-9-11-22(31-3)24-13-16/h4-13H,14H2,1-3H3,(H,25,27)(H,26,28). The molecule has 0 bridgehead atoms. The summed E-state index contributed by atoms with van der Waals surface area (Å²) in [6.07, 6.45) is 1.52. The van der Waals surface area contributed by atoms with Crippen LogP contribution in [0.25, 0.3) is 0 Å². The first kappa shape index (κ1) is 23.0. The van der Waals surface area contributed by atoms with Gasteiger partial charge in [-0.1, -0.05) is 12.1 Å². The topological polar surface area (TPSA) is 98.8 Å². The van der Waals surface area contributed by atoms with Crippen LogP contribution in [0.2, 0.25) is 0 Å². The molecule has 0 atom stereocenters. The van der Waals surface area contributed by atoms with Crippen LogP contribution in [0.4, 0.5) is 11.4 Å². The number of pyridine rings is 1. The van der Waals surface area contributed by atoms with Gasteiger partial charge in [0.15, 0.2) is 11.5 Å². The summed E-state index contributed by atoms with van der Waals surface area (Å²) in [6.45, 7) is 0. The van der Waals surface area contributed by atoms with Crippen molar-refractivity contribution < 1.29 is 23.8 Å². The molecule has 0 aliphatic carbocycles. The first-order chi connectivity index (χ1) is 15.5. The Hall–Kier alpha value is -3.72. The van der Waals surface area contributed by atoms with Crippen molar-refractivity contribution in [3.05, 3.63) is 66.4 Å². The second-order valence-electron chi connectivity index (χ2n) is 6.45. The average Bonchev–Trinajstić information content (AvgIpc) is 2.83. The highest BCUT2D eigenvalue weighted by Gasteiger charge is 2.14. The van der Waals surface area contributed by atoms with Crippen molar-refractivity contribution >= 4 is 35.0 Å². The van der Waals surface area contributed by atoms with Crippen LogP contribution in [-0.4, -0.2) is 43.9 Å². The lowest BCUT2D eigenvalue weighted by Gasteiger charge is -2.12. The molecule has 2 amide bonds. The number of benzene rings is 2. The first-order valence-electron chi connectivity index (χ1n) is 9.59. The van der Waals surface area contributed by atoms with E-state index in [2.05, 4.69) is 15.6 Å². The molecule has 0 saturated heterocycles. The maximum atomic E-state index is 12.7. The molecule has 166 valence electrons. The van der Waals surface area contributed by atoms with Gasteiger partial charge in [0.1, 0.15) is 0 Å². The number of amides is 2. The van der Waals surface area contributed by atoms with Crippen LogP contribution in [0.5, 0.6) is 17.4 Å². The van der Waals surface area contributed by atoms with E-state index in [4.69, 9.17) is 14.2 Å². The summed E-state index contributed by atoms with van der Waals surface area (Å²) in [5, 5.41) is 5.63. The summed E-state index contributed by atoms with van der Waals surface area (Å²) < 4.78 is 15.5. The zero-order chi connectivity index (χ0) is 22.9. The lowest BCUT2D eigenvalue weighted by atomic mass is 10.2. The minimum Gasteiger partial charge on any atom is -0.493 e. The zero-order valence-corrected chi connectivity index (χ0v) is 18.7. The molecule has 0 aliphatic heterocycles. The summed E-state index contributed by atoms with van der Waals surface area (Å²) >= 11 is 1.27. The summed E-state index contributed by atoms with van der Waals surface area (Å²) in [6, 6.07) is 15.6. The van der Waals surface area contributed by atoms with E-state index in [-0.39, 0.29) is 17.6 Å². The van der Waals surface area contributed by atoms with Gasteiger partial charge >= 0.3 is 0 Å². The molecule has 3 aromatic rings. The van der Waals surface area contributed by atoms with Crippen molar-refractivity contribution in [1.29, 1.82) is 0 Å². The molecule has 9 heteroatoms. The predicted octanol–water partition coefficient (Wildman–Crippen LogP) is 4.09. The molecule has 0 radical (unpaired) electrons. The number of hydrogen-bond acceptors (Lipinski definition) is 7. The van der Waals surface area contributed by atoms with Gasteiger partial charge in [-0.15, -0.1) is 11.8 Å². The molecular weight excluding hydrogens is 430 g/mol. The van der Waals surface area contributed by atoms with Crippen molar-refractivity contribution in [2.24, 2.45) is 0 Å². The Kier molecular flexibility index (Phi) is 7.93. The van der Waals surface area contributed by atoms with Gasteiger partial charge in [0, 0.05) is 22.7 Å². The molecule has 0 saturated carbocycles. The largest absolute Gasteiger partial charge is 0.493 e. The van der Waals surface area contributed by atoms with E-state index in [0.29, 0.717) is 39.2 Å². The lowest BCUT2D eigenvalue weighted by Crippen LogP contribution is -2.16. The number of hydrogen-bond donors (Lipinski definition) is 2.